The fourth-order valence-corrected chi connectivity index (χ4v) is 4.13. The first kappa shape index (κ1) is 24.5. The molecule has 0 aliphatic rings. The number of aromatic amines is 1. The molecule has 1 heterocycles. The van der Waals surface area contributed by atoms with Crippen molar-refractivity contribution in [3.63, 3.8) is 0 Å². The highest BCUT2D eigenvalue weighted by Crippen LogP contribution is 2.33. The molecule has 0 unspecified atom stereocenters. The van der Waals surface area contributed by atoms with Gasteiger partial charge in [-0.15, -0.1) is 0 Å². The smallest absolute Gasteiger partial charge is 0.303 e. The van der Waals surface area contributed by atoms with Crippen molar-refractivity contribution in [2.24, 2.45) is 4.99 Å². The van der Waals surface area contributed by atoms with Crippen LogP contribution in [0.2, 0.25) is 5.02 Å². The quantitative estimate of drug-likeness (QED) is 0.258. The summed E-state index contributed by atoms with van der Waals surface area (Å²) in [6, 6.07) is 21.2. The molecule has 0 atom stereocenters. The van der Waals surface area contributed by atoms with Crippen molar-refractivity contribution in [3.05, 3.63) is 94.0 Å². The highest BCUT2D eigenvalue weighted by Gasteiger charge is 2.19. The number of rotatable bonds is 9. The lowest BCUT2D eigenvalue weighted by atomic mass is 9.98. The van der Waals surface area contributed by atoms with Gasteiger partial charge in [0.05, 0.1) is 22.5 Å². The Balaban J connectivity index is 1.76. The highest BCUT2D eigenvalue weighted by atomic mass is 35.5. The average Bonchev–Trinajstić information content (AvgIpc) is 3.15. The number of carboxylic acids is 1. The highest BCUT2D eigenvalue weighted by molar-refractivity contribution is 6.31. The van der Waals surface area contributed by atoms with E-state index in [9.17, 15) is 9.90 Å². The Morgan fingerprint density at radius 1 is 0.971 bits per heavy atom. The number of likely N-dealkylation sites (N-methyl/N-ethyl adjacent to an activating group) is 1. The minimum atomic E-state index is -0.826. The zero-order valence-corrected chi connectivity index (χ0v) is 20.5. The Labute approximate surface area is 209 Å². The maximum atomic E-state index is 10.9. The van der Waals surface area contributed by atoms with Gasteiger partial charge in [-0.25, -0.2) is 4.99 Å². The van der Waals surface area contributed by atoms with E-state index in [1.54, 1.807) is 12.1 Å². The Morgan fingerprint density at radius 3 is 2.29 bits per heavy atom. The summed E-state index contributed by atoms with van der Waals surface area (Å²) < 4.78 is 0. The van der Waals surface area contributed by atoms with Crippen LogP contribution >= 0.6 is 11.6 Å². The van der Waals surface area contributed by atoms with Crippen LogP contribution in [-0.4, -0.2) is 52.4 Å². The van der Waals surface area contributed by atoms with Gasteiger partial charge < -0.3 is 20.1 Å². The molecule has 0 radical (unpaired) electrons. The Bertz CT molecular complexity index is 1360. The fraction of sp³-hybridized carbons (Fsp3) is 0.214. The van der Waals surface area contributed by atoms with Crippen LogP contribution in [-0.2, 0) is 17.6 Å². The van der Waals surface area contributed by atoms with Crippen molar-refractivity contribution < 1.29 is 15.0 Å². The molecule has 3 N–H and O–H groups in total. The summed E-state index contributed by atoms with van der Waals surface area (Å²) in [4.78, 5) is 21.0. The van der Waals surface area contributed by atoms with Gasteiger partial charge in [0.25, 0.3) is 0 Å². The van der Waals surface area contributed by atoms with Crippen LogP contribution in [0.15, 0.2) is 71.7 Å². The zero-order valence-electron chi connectivity index (χ0n) is 19.8. The van der Waals surface area contributed by atoms with Gasteiger partial charge in [0.2, 0.25) is 0 Å². The molecule has 35 heavy (non-hydrogen) atoms. The van der Waals surface area contributed by atoms with Crippen molar-refractivity contribution >= 4 is 39.9 Å². The number of hydrogen-bond donors (Lipinski definition) is 3. The van der Waals surface area contributed by atoms with Crippen LogP contribution in [0.1, 0.15) is 28.7 Å². The topological polar surface area (TPSA) is 88.9 Å². The number of H-pyrrole nitrogens is 1. The molecule has 0 saturated carbocycles. The van der Waals surface area contributed by atoms with Crippen molar-refractivity contribution in [1.29, 1.82) is 0 Å². The van der Waals surface area contributed by atoms with Crippen LogP contribution < -0.4 is 0 Å². The number of aliphatic carboxylic acids is 1. The molecule has 0 aliphatic carbocycles. The summed E-state index contributed by atoms with van der Waals surface area (Å²) in [5.74, 6) is -0.814. The van der Waals surface area contributed by atoms with Gasteiger partial charge in [-0.3, -0.25) is 4.79 Å². The first-order valence-electron chi connectivity index (χ1n) is 11.4. The number of benzene rings is 3. The van der Waals surface area contributed by atoms with Crippen LogP contribution in [0.4, 0.5) is 5.69 Å². The number of aromatic hydroxyl groups is 1. The molecule has 180 valence electrons. The van der Waals surface area contributed by atoms with E-state index in [-0.39, 0.29) is 12.3 Å². The van der Waals surface area contributed by atoms with Gasteiger partial charge in [0.1, 0.15) is 0 Å². The maximum absolute atomic E-state index is 10.9. The van der Waals surface area contributed by atoms with E-state index >= 15 is 0 Å². The summed E-state index contributed by atoms with van der Waals surface area (Å²) in [6.07, 6.45) is 1.48. The number of aryl methyl sites for hydroxylation is 1. The second kappa shape index (κ2) is 10.8. The van der Waals surface area contributed by atoms with Crippen molar-refractivity contribution in [2.75, 3.05) is 20.6 Å². The Kier molecular flexibility index (Phi) is 7.54. The van der Waals surface area contributed by atoms with Crippen molar-refractivity contribution in [2.45, 2.75) is 19.3 Å². The minimum Gasteiger partial charge on any atom is -0.494 e. The van der Waals surface area contributed by atoms with Crippen molar-refractivity contribution in [1.82, 2.24) is 9.88 Å². The van der Waals surface area contributed by atoms with Crippen LogP contribution in [0.25, 0.3) is 10.9 Å². The van der Waals surface area contributed by atoms with Gasteiger partial charge in [-0.2, -0.15) is 0 Å². The normalized spacial score (nSPS) is 11.9. The van der Waals surface area contributed by atoms with Crippen LogP contribution in [0.5, 0.6) is 5.88 Å². The molecule has 0 saturated heterocycles. The Morgan fingerprint density at radius 2 is 1.63 bits per heavy atom. The van der Waals surface area contributed by atoms with Gasteiger partial charge in [0.15, 0.2) is 5.88 Å². The summed E-state index contributed by atoms with van der Waals surface area (Å²) in [5, 5.41) is 21.2. The van der Waals surface area contributed by atoms with Crippen LogP contribution in [0.3, 0.4) is 0 Å². The maximum Gasteiger partial charge on any atom is 0.303 e. The number of halogens is 1. The first-order valence-corrected chi connectivity index (χ1v) is 11.8. The largest absolute Gasteiger partial charge is 0.494 e. The molecule has 0 amide bonds. The van der Waals surface area contributed by atoms with Gasteiger partial charge in [-0.05, 0) is 62.3 Å². The standard InChI is InChI=1S/C28H28ClN3O3/c1-32(2)16-15-19-5-11-22(12-6-19)30-27(20-8-3-18(4-9-20)7-14-25(33)34)26-23-13-10-21(29)17-24(23)31-28(26)35/h3-6,8-13,17,31,35H,7,14-16H2,1-2H3,(H,33,34). The molecular weight excluding hydrogens is 462 g/mol. The number of nitrogens with one attached hydrogen (secondary N) is 1. The molecule has 7 heteroatoms. The SMILES string of the molecule is CN(C)CCc1ccc(N=C(c2ccc(CCC(=O)O)cc2)c2c(O)[nH]c3cc(Cl)ccc23)cc1. The van der Waals surface area contributed by atoms with Crippen molar-refractivity contribution in [3.8, 4) is 5.88 Å². The van der Waals surface area contributed by atoms with E-state index in [0.29, 0.717) is 22.7 Å². The third-order valence-electron chi connectivity index (χ3n) is 5.86. The number of hydrogen-bond acceptors (Lipinski definition) is 4. The zero-order chi connectivity index (χ0) is 24.9. The van der Waals surface area contributed by atoms with E-state index in [4.69, 9.17) is 21.7 Å². The molecule has 0 fully saturated rings. The molecular formula is C28H28ClN3O3. The second-order valence-electron chi connectivity index (χ2n) is 8.81. The predicted octanol–water partition coefficient (Wildman–Crippen LogP) is 5.82. The number of aliphatic imine (C=N–C) groups is 1. The minimum absolute atomic E-state index is 0.0126. The molecule has 3 aromatic carbocycles. The van der Waals surface area contributed by atoms with Gasteiger partial charge in [0, 0.05) is 28.9 Å². The van der Waals surface area contributed by atoms with Crippen LogP contribution in [0, 0.1) is 0 Å². The molecule has 0 aliphatic heterocycles. The number of aromatic nitrogens is 1. The third-order valence-corrected chi connectivity index (χ3v) is 6.09. The number of carbonyl (C=O) groups is 1. The van der Waals surface area contributed by atoms with E-state index in [1.165, 1.54) is 5.56 Å². The molecule has 0 spiro atoms. The molecule has 6 nitrogen and oxygen atoms in total. The number of fused-ring (bicyclic) bond motifs is 1. The van der Waals surface area contributed by atoms with Gasteiger partial charge in [-0.1, -0.05) is 54.1 Å². The van der Waals surface area contributed by atoms with E-state index in [1.807, 2.05) is 42.5 Å². The fourth-order valence-electron chi connectivity index (χ4n) is 3.96. The van der Waals surface area contributed by atoms with E-state index in [2.05, 4.69) is 36.1 Å². The molecule has 0 bridgehead atoms. The summed E-state index contributed by atoms with van der Waals surface area (Å²) in [6.45, 7) is 0.966. The average molecular weight is 490 g/mol. The van der Waals surface area contributed by atoms with E-state index in [0.717, 1.165) is 40.7 Å². The van der Waals surface area contributed by atoms with Gasteiger partial charge >= 0.3 is 5.97 Å². The lowest BCUT2D eigenvalue weighted by molar-refractivity contribution is -0.136. The second-order valence-corrected chi connectivity index (χ2v) is 9.25. The summed E-state index contributed by atoms with van der Waals surface area (Å²) in [5.41, 5.74) is 5.66. The molecule has 1 aromatic heterocycles. The van der Waals surface area contributed by atoms with E-state index < -0.39 is 5.97 Å². The predicted molar refractivity (Wildman–Crippen MR) is 141 cm³/mol. The molecule has 4 aromatic rings. The first-order chi connectivity index (χ1) is 16.8. The monoisotopic (exact) mass is 489 g/mol. The lowest BCUT2D eigenvalue weighted by Crippen LogP contribution is -2.14. The summed E-state index contributed by atoms with van der Waals surface area (Å²) >= 11 is 6.16. The molecule has 4 rings (SSSR count). The Hall–Kier alpha value is -3.61. The number of nitrogens with zero attached hydrogens (tertiary/aromatic N) is 2. The summed E-state index contributed by atoms with van der Waals surface area (Å²) in [7, 11) is 4.11. The third kappa shape index (κ3) is 6.10. The number of carboxylic acid groups (broad SMARTS) is 1. The lowest BCUT2D eigenvalue weighted by Gasteiger charge is -2.11.